The molecule has 1 aromatic rings. The van der Waals surface area contributed by atoms with Gasteiger partial charge >= 0.3 is 12.3 Å². The van der Waals surface area contributed by atoms with E-state index in [1.54, 1.807) is 6.20 Å². The number of hydrogen-bond donors (Lipinski definition) is 1. The Hall–Kier alpha value is -0.890. The van der Waals surface area contributed by atoms with Gasteiger partial charge in [0.25, 0.3) is 0 Å². The first-order valence-electron chi connectivity index (χ1n) is 5.97. The largest absolute Gasteiger partial charge is 0.349 e. The van der Waals surface area contributed by atoms with Gasteiger partial charge in [0.1, 0.15) is 0 Å². The predicted molar refractivity (Wildman–Crippen MR) is 68.3 cm³/mol. The van der Waals surface area contributed by atoms with Crippen LogP contribution < -0.4 is 10.2 Å². The molecule has 0 fully saturated rings. The summed E-state index contributed by atoms with van der Waals surface area (Å²) >= 11 is 1.37. The van der Waals surface area contributed by atoms with E-state index in [2.05, 4.69) is 10.3 Å². The molecule has 1 aromatic heterocycles. The van der Waals surface area contributed by atoms with Crippen LogP contribution >= 0.6 is 11.3 Å². The first-order valence-corrected chi connectivity index (χ1v) is 6.78. The lowest BCUT2D eigenvalue weighted by Crippen LogP contribution is -2.38. The number of hydrogen-bond acceptors (Lipinski definition) is 4. The first kappa shape index (κ1) is 16.2. The van der Waals surface area contributed by atoms with Crippen molar-refractivity contribution in [3.63, 3.8) is 0 Å². The monoisotopic (exact) mass is 299 g/mol. The minimum Gasteiger partial charge on any atom is -0.349 e. The molecule has 3 nitrogen and oxygen atoms in total. The molecule has 0 spiro atoms. The molecule has 1 heterocycles. The van der Waals surface area contributed by atoms with Crippen molar-refractivity contribution in [2.75, 3.05) is 24.5 Å². The van der Waals surface area contributed by atoms with Gasteiger partial charge in [-0.3, -0.25) is 0 Å². The maximum atomic E-state index is 12.7. The van der Waals surface area contributed by atoms with Crippen LogP contribution in [-0.2, 0) is 6.54 Å². The van der Waals surface area contributed by atoms with Gasteiger partial charge in [-0.1, -0.05) is 0 Å². The Morgan fingerprint density at radius 3 is 2.53 bits per heavy atom. The van der Waals surface area contributed by atoms with Crippen molar-refractivity contribution in [1.82, 2.24) is 10.3 Å². The normalized spacial score (nSPS) is 12.2. The number of halogens is 4. The summed E-state index contributed by atoms with van der Waals surface area (Å²) in [5.74, 6) is -3.99. The first-order chi connectivity index (χ1) is 8.90. The number of thiazole rings is 1. The fraction of sp³-hybridized carbons (Fsp3) is 0.727. The second-order valence-corrected chi connectivity index (χ2v) is 5.04. The van der Waals surface area contributed by atoms with Crippen LogP contribution in [0.15, 0.2) is 6.20 Å². The highest BCUT2D eigenvalue weighted by atomic mass is 32.1. The summed E-state index contributed by atoms with van der Waals surface area (Å²) in [6, 6.07) is 0. The van der Waals surface area contributed by atoms with Crippen molar-refractivity contribution in [2.24, 2.45) is 0 Å². The van der Waals surface area contributed by atoms with Crippen LogP contribution in [0.2, 0.25) is 0 Å². The van der Waals surface area contributed by atoms with E-state index in [0.29, 0.717) is 0 Å². The van der Waals surface area contributed by atoms with Gasteiger partial charge in [0.15, 0.2) is 5.13 Å². The summed E-state index contributed by atoms with van der Waals surface area (Å²) in [6.07, 6.45) is -2.07. The van der Waals surface area contributed by atoms with E-state index in [1.165, 1.54) is 11.3 Å². The molecule has 0 saturated carbocycles. The van der Waals surface area contributed by atoms with Gasteiger partial charge in [0, 0.05) is 30.7 Å². The van der Waals surface area contributed by atoms with Gasteiger partial charge in [-0.15, -0.1) is 11.3 Å². The Labute approximate surface area is 113 Å². The molecular weight excluding hydrogens is 282 g/mol. The molecule has 1 N–H and O–H groups in total. The molecule has 0 amide bonds. The van der Waals surface area contributed by atoms with E-state index in [1.807, 2.05) is 18.7 Å². The van der Waals surface area contributed by atoms with Crippen LogP contribution in [0.25, 0.3) is 0 Å². The molecule has 0 aliphatic rings. The average molecular weight is 299 g/mol. The van der Waals surface area contributed by atoms with Crippen molar-refractivity contribution < 1.29 is 17.6 Å². The lowest BCUT2D eigenvalue weighted by Gasteiger charge is -2.16. The summed E-state index contributed by atoms with van der Waals surface area (Å²) in [4.78, 5) is 6.95. The van der Waals surface area contributed by atoms with E-state index in [9.17, 15) is 17.6 Å². The lowest BCUT2D eigenvalue weighted by molar-refractivity contribution is -0.125. The van der Waals surface area contributed by atoms with Crippen molar-refractivity contribution in [3.8, 4) is 0 Å². The van der Waals surface area contributed by atoms with Crippen molar-refractivity contribution in [2.45, 2.75) is 32.7 Å². The van der Waals surface area contributed by atoms with Gasteiger partial charge < -0.3 is 10.2 Å². The number of rotatable bonds is 8. The summed E-state index contributed by atoms with van der Waals surface area (Å²) < 4.78 is 49.2. The van der Waals surface area contributed by atoms with Crippen molar-refractivity contribution in [3.05, 3.63) is 11.1 Å². The quantitative estimate of drug-likeness (QED) is 0.748. The molecule has 0 saturated heterocycles. The summed E-state index contributed by atoms with van der Waals surface area (Å²) in [7, 11) is 0. The molecule has 110 valence electrons. The molecule has 8 heteroatoms. The van der Waals surface area contributed by atoms with Gasteiger partial charge in [0.2, 0.25) is 0 Å². The van der Waals surface area contributed by atoms with E-state index in [-0.39, 0.29) is 6.54 Å². The minimum atomic E-state index is -3.99. The third-order valence-corrected chi connectivity index (χ3v) is 3.61. The molecular formula is C11H17F4N3S. The Bertz CT molecular complexity index is 380. The topological polar surface area (TPSA) is 28.2 Å². The minimum absolute atomic E-state index is 0.112. The zero-order valence-electron chi connectivity index (χ0n) is 10.8. The van der Waals surface area contributed by atoms with Crippen LogP contribution in [0.5, 0.6) is 0 Å². The van der Waals surface area contributed by atoms with Crippen molar-refractivity contribution in [1.29, 1.82) is 0 Å². The van der Waals surface area contributed by atoms with Gasteiger partial charge in [-0.25, -0.2) is 13.8 Å². The number of alkyl halides is 4. The van der Waals surface area contributed by atoms with E-state index in [0.717, 1.165) is 23.1 Å². The van der Waals surface area contributed by atoms with Crippen molar-refractivity contribution >= 4 is 16.5 Å². The standard InChI is InChI=1S/C11H17F4N3S/c1-3-18(4-2)10-17-6-8(19-10)5-16-7-11(14,15)9(12)13/h6,9,16H,3-5,7H2,1-2H3. The van der Waals surface area contributed by atoms with Crippen LogP contribution in [0.1, 0.15) is 18.7 Å². The highest BCUT2D eigenvalue weighted by molar-refractivity contribution is 7.15. The smallest absolute Gasteiger partial charge is 0.319 e. The molecule has 0 unspecified atom stereocenters. The lowest BCUT2D eigenvalue weighted by atomic mass is 10.3. The Balaban J connectivity index is 2.47. The number of nitrogens with one attached hydrogen (secondary N) is 1. The SMILES string of the molecule is CCN(CC)c1ncc(CNCC(F)(F)C(F)F)s1. The van der Waals surface area contributed by atoms with E-state index >= 15 is 0 Å². The van der Waals surface area contributed by atoms with Gasteiger partial charge in [0.05, 0.1) is 6.54 Å². The van der Waals surface area contributed by atoms with Gasteiger partial charge in [-0.05, 0) is 13.8 Å². The number of nitrogens with zero attached hydrogens (tertiary/aromatic N) is 2. The van der Waals surface area contributed by atoms with Crippen LogP contribution in [0.3, 0.4) is 0 Å². The zero-order valence-corrected chi connectivity index (χ0v) is 11.6. The average Bonchev–Trinajstić information content (AvgIpc) is 2.79. The maximum absolute atomic E-state index is 12.7. The molecule has 0 radical (unpaired) electrons. The Morgan fingerprint density at radius 2 is 2.00 bits per heavy atom. The fourth-order valence-corrected chi connectivity index (χ4v) is 2.46. The third kappa shape index (κ3) is 4.61. The summed E-state index contributed by atoms with van der Waals surface area (Å²) in [5.41, 5.74) is 0. The second kappa shape index (κ2) is 7.04. The second-order valence-electron chi connectivity index (χ2n) is 3.95. The maximum Gasteiger partial charge on any atom is 0.319 e. The predicted octanol–water partition coefficient (Wildman–Crippen LogP) is 2.98. The molecule has 1 rings (SSSR count). The third-order valence-electron chi connectivity index (χ3n) is 2.55. The molecule has 0 aliphatic heterocycles. The number of aromatic nitrogens is 1. The number of anilines is 1. The molecule has 19 heavy (non-hydrogen) atoms. The molecule has 0 atom stereocenters. The Morgan fingerprint density at radius 1 is 1.37 bits per heavy atom. The molecule has 0 aliphatic carbocycles. The fourth-order valence-electron chi connectivity index (χ4n) is 1.45. The highest BCUT2D eigenvalue weighted by Crippen LogP contribution is 2.24. The van der Waals surface area contributed by atoms with Crippen LogP contribution in [0.4, 0.5) is 22.7 Å². The zero-order chi connectivity index (χ0) is 14.5. The Kier molecular flexibility index (Phi) is 5.99. The van der Waals surface area contributed by atoms with E-state index < -0.39 is 18.9 Å². The highest BCUT2D eigenvalue weighted by Gasteiger charge is 2.39. The summed E-state index contributed by atoms with van der Waals surface area (Å²) in [5, 5.41) is 3.14. The van der Waals surface area contributed by atoms with Crippen LogP contribution in [0, 0.1) is 0 Å². The van der Waals surface area contributed by atoms with Crippen LogP contribution in [-0.4, -0.2) is 37.0 Å². The van der Waals surface area contributed by atoms with E-state index in [4.69, 9.17) is 0 Å². The molecule has 0 aromatic carbocycles. The van der Waals surface area contributed by atoms with Gasteiger partial charge in [-0.2, -0.15) is 8.78 Å². The summed E-state index contributed by atoms with van der Waals surface area (Å²) in [6.45, 7) is 4.67. The molecule has 0 bridgehead atoms.